The van der Waals surface area contributed by atoms with E-state index in [2.05, 4.69) is 15.9 Å². The molecule has 2 heterocycles. The zero-order valence-corrected chi connectivity index (χ0v) is 10.1. The largest absolute Gasteiger partial charge is 0.464 e. The quantitative estimate of drug-likeness (QED) is 0.733. The first-order valence-corrected chi connectivity index (χ1v) is 5.73. The van der Waals surface area contributed by atoms with Gasteiger partial charge in [0.05, 0.1) is 23.1 Å². The Balaban J connectivity index is 2.62. The Morgan fingerprint density at radius 3 is 2.44 bits per heavy atom. The molecule has 4 heteroatoms. The van der Waals surface area contributed by atoms with Crippen molar-refractivity contribution >= 4 is 37.9 Å². The summed E-state index contributed by atoms with van der Waals surface area (Å²) in [5.41, 5.74) is 2.22. The minimum Gasteiger partial charge on any atom is -0.464 e. The van der Waals surface area contributed by atoms with Crippen LogP contribution < -0.4 is 0 Å². The Hall–Kier alpha value is -1.26. The van der Waals surface area contributed by atoms with Crippen LogP contribution in [0.3, 0.4) is 0 Å². The molecular weight excluding hydrogens is 272 g/mol. The minimum atomic E-state index is -0.596. The Labute approximate surface area is 99.8 Å². The van der Waals surface area contributed by atoms with E-state index in [9.17, 15) is 5.11 Å². The summed E-state index contributed by atoms with van der Waals surface area (Å²) in [4.78, 5) is 0. The third-order valence-corrected chi connectivity index (χ3v) is 3.51. The van der Waals surface area contributed by atoms with E-state index in [1.807, 2.05) is 12.1 Å². The Morgan fingerprint density at radius 2 is 1.75 bits per heavy atom. The highest BCUT2D eigenvalue weighted by Crippen LogP contribution is 2.39. The topological polar surface area (TPSA) is 46.5 Å². The van der Waals surface area contributed by atoms with Crippen LogP contribution in [0.5, 0.6) is 0 Å². The van der Waals surface area contributed by atoms with Gasteiger partial charge in [-0.25, -0.2) is 0 Å². The maximum atomic E-state index is 9.83. The lowest BCUT2D eigenvalue weighted by Gasteiger charge is -2.08. The number of fused-ring (bicyclic) bond motifs is 2. The maximum absolute atomic E-state index is 9.83. The van der Waals surface area contributed by atoms with Crippen molar-refractivity contribution in [3.63, 3.8) is 0 Å². The SMILES string of the molecule is CC(O)c1c2ccoc2c(Br)c2ccoc12. The third-order valence-electron chi connectivity index (χ3n) is 2.72. The predicted octanol–water partition coefficient (Wildman–Crippen LogP) is 3.99. The Morgan fingerprint density at radius 1 is 1.12 bits per heavy atom. The van der Waals surface area contributed by atoms with Crippen LogP contribution >= 0.6 is 15.9 Å². The fourth-order valence-corrected chi connectivity index (χ4v) is 2.66. The van der Waals surface area contributed by atoms with Crippen LogP contribution in [0.2, 0.25) is 0 Å². The van der Waals surface area contributed by atoms with Crippen LogP contribution in [0.15, 0.2) is 38.0 Å². The first-order valence-electron chi connectivity index (χ1n) is 4.94. The Kier molecular flexibility index (Phi) is 2.09. The van der Waals surface area contributed by atoms with Crippen LogP contribution in [0, 0.1) is 0 Å². The molecule has 0 aliphatic heterocycles. The monoisotopic (exact) mass is 280 g/mol. The molecule has 0 saturated carbocycles. The smallest absolute Gasteiger partial charge is 0.149 e. The highest BCUT2D eigenvalue weighted by molar-refractivity contribution is 9.10. The lowest BCUT2D eigenvalue weighted by atomic mass is 10.0. The van der Waals surface area contributed by atoms with E-state index in [0.717, 1.165) is 26.4 Å². The van der Waals surface area contributed by atoms with Gasteiger partial charge in [0.1, 0.15) is 11.2 Å². The molecule has 3 nitrogen and oxygen atoms in total. The summed E-state index contributed by atoms with van der Waals surface area (Å²) < 4.78 is 11.7. The van der Waals surface area contributed by atoms with Crippen LogP contribution in [0.25, 0.3) is 21.9 Å². The first kappa shape index (κ1) is 9.93. The molecule has 3 rings (SSSR count). The van der Waals surface area contributed by atoms with Crippen molar-refractivity contribution in [2.45, 2.75) is 13.0 Å². The predicted molar refractivity (Wildman–Crippen MR) is 64.3 cm³/mol. The van der Waals surface area contributed by atoms with E-state index in [4.69, 9.17) is 8.83 Å². The van der Waals surface area contributed by atoms with Crippen molar-refractivity contribution in [2.75, 3.05) is 0 Å². The van der Waals surface area contributed by atoms with Gasteiger partial charge in [-0.15, -0.1) is 0 Å². The second-order valence-electron chi connectivity index (χ2n) is 3.73. The molecule has 3 aromatic rings. The average molecular weight is 281 g/mol. The van der Waals surface area contributed by atoms with E-state index >= 15 is 0 Å². The number of hydrogen-bond donors (Lipinski definition) is 1. The molecule has 1 unspecified atom stereocenters. The Bertz CT molecular complexity index is 612. The van der Waals surface area contributed by atoms with Crippen molar-refractivity contribution in [3.8, 4) is 0 Å². The van der Waals surface area contributed by atoms with Crippen molar-refractivity contribution in [2.24, 2.45) is 0 Å². The fourth-order valence-electron chi connectivity index (χ4n) is 2.04. The van der Waals surface area contributed by atoms with Crippen LogP contribution in [0.4, 0.5) is 0 Å². The highest BCUT2D eigenvalue weighted by Gasteiger charge is 2.19. The summed E-state index contributed by atoms with van der Waals surface area (Å²) in [7, 11) is 0. The molecule has 16 heavy (non-hydrogen) atoms. The summed E-state index contributed by atoms with van der Waals surface area (Å²) in [6.07, 6.45) is 2.63. The molecule has 0 aliphatic carbocycles. The van der Waals surface area contributed by atoms with E-state index in [1.54, 1.807) is 19.5 Å². The van der Waals surface area contributed by atoms with E-state index < -0.39 is 6.10 Å². The summed E-state index contributed by atoms with van der Waals surface area (Å²) in [6.45, 7) is 1.72. The molecule has 0 saturated heterocycles. The van der Waals surface area contributed by atoms with Crippen molar-refractivity contribution in [1.29, 1.82) is 0 Å². The molecule has 0 radical (unpaired) electrons. The molecule has 1 N–H and O–H groups in total. The number of benzene rings is 1. The molecule has 0 fully saturated rings. The number of hydrogen-bond acceptors (Lipinski definition) is 3. The van der Waals surface area contributed by atoms with E-state index in [0.29, 0.717) is 5.58 Å². The minimum absolute atomic E-state index is 0.596. The number of aliphatic hydroxyl groups is 1. The van der Waals surface area contributed by atoms with Gasteiger partial charge >= 0.3 is 0 Å². The molecule has 82 valence electrons. The van der Waals surface area contributed by atoms with Gasteiger partial charge in [-0.05, 0) is 35.0 Å². The zero-order chi connectivity index (χ0) is 11.3. The molecule has 0 amide bonds. The zero-order valence-electron chi connectivity index (χ0n) is 8.53. The molecule has 0 aliphatic rings. The number of rotatable bonds is 1. The fraction of sp³-hybridized carbons (Fsp3) is 0.167. The van der Waals surface area contributed by atoms with Crippen molar-refractivity contribution in [1.82, 2.24) is 0 Å². The summed E-state index contributed by atoms with van der Waals surface area (Å²) in [5, 5.41) is 11.6. The molecule has 0 spiro atoms. The average Bonchev–Trinajstić information content (AvgIpc) is 2.84. The van der Waals surface area contributed by atoms with Crippen LogP contribution in [-0.2, 0) is 0 Å². The van der Waals surface area contributed by atoms with Gasteiger partial charge in [0.25, 0.3) is 0 Å². The van der Waals surface area contributed by atoms with E-state index in [1.165, 1.54) is 0 Å². The number of furan rings is 2. The normalized spacial score (nSPS) is 13.7. The molecule has 1 atom stereocenters. The standard InChI is InChI=1S/C12H9BrO3/c1-6(14)9-7-2-4-16-12(7)10(13)8-3-5-15-11(8)9/h2-6,14H,1H3. The summed E-state index contributed by atoms with van der Waals surface area (Å²) in [6, 6.07) is 3.69. The van der Waals surface area contributed by atoms with Gasteiger partial charge in [-0.2, -0.15) is 0 Å². The van der Waals surface area contributed by atoms with Gasteiger partial charge in [0, 0.05) is 16.3 Å². The van der Waals surface area contributed by atoms with Crippen molar-refractivity contribution < 1.29 is 13.9 Å². The van der Waals surface area contributed by atoms with Gasteiger partial charge in [-0.3, -0.25) is 0 Å². The summed E-state index contributed by atoms with van der Waals surface area (Å²) in [5.74, 6) is 0. The molecule has 2 aromatic heterocycles. The molecular formula is C12H9BrO3. The summed E-state index contributed by atoms with van der Waals surface area (Å²) >= 11 is 3.49. The molecule has 0 bridgehead atoms. The van der Waals surface area contributed by atoms with Gasteiger partial charge < -0.3 is 13.9 Å². The maximum Gasteiger partial charge on any atom is 0.149 e. The first-order chi connectivity index (χ1) is 7.70. The second kappa shape index (κ2) is 3.37. The van der Waals surface area contributed by atoms with Gasteiger partial charge in [0.2, 0.25) is 0 Å². The lowest BCUT2D eigenvalue weighted by Crippen LogP contribution is -1.93. The van der Waals surface area contributed by atoms with Crippen LogP contribution in [0.1, 0.15) is 18.6 Å². The number of aliphatic hydroxyl groups excluding tert-OH is 1. The van der Waals surface area contributed by atoms with Crippen LogP contribution in [-0.4, -0.2) is 5.11 Å². The third kappa shape index (κ3) is 1.17. The second-order valence-corrected chi connectivity index (χ2v) is 4.52. The molecule has 1 aromatic carbocycles. The lowest BCUT2D eigenvalue weighted by molar-refractivity contribution is 0.201. The van der Waals surface area contributed by atoms with E-state index in [-0.39, 0.29) is 0 Å². The van der Waals surface area contributed by atoms with Crippen molar-refractivity contribution in [3.05, 3.63) is 34.7 Å². The van der Waals surface area contributed by atoms with Gasteiger partial charge in [0.15, 0.2) is 0 Å². The highest BCUT2D eigenvalue weighted by atomic mass is 79.9. The number of halogens is 1. The van der Waals surface area contributed by atoms with Gasteiger partial charge in [-0.1, -0.05) is 0 Å².